The summed E-state index contributed by atoms with van der Waals surface area (Å²) in [6, 6.07) is 13.6. The highest BCUT2D eigenvalue weighted by molar-refractivity contribution is 7.91. The van der Waals surface area contributed by atoms with Crippen LogP contribution in [0.25, 0.3) is 0 Å². The summed E-state index contributed by atoms with van der Waals surface area (Å²) >= 11 is 0. The van der Waals surface area contributed by atoms with E-state index in [9.17, 15) is 18.0 Å². The molecular formula is C25H29N3O4S. The normalized spacial score (nSPS) is 23.9. The fourth-order valence-electron chi connectivity index (χ4n) is 5.02. The molecule has 33 heavy (non-hydrogen) atoms. The Morgan fingerprint density at radius 3 is 2.52 bits per heavy atom. The van der Waals surface area contributed by atoms with E-state index in [0.717, 1.165) is 35.2 Å². The second-order valence-electron chi connectivity index (χ2n) is 10.1. The zero-order valence-electron chi connectivity index (χ0n) is 18.9. The van der Waals surface area contributed by atoms with Gasteiger partial charge < -0.3 is 10.6 Å². The van der Waals surface area contributed by atoms with Crippen molar-refractivity contribution in [2.45, 2.75) is 56.7 Å². The summed E-state index contributed by atoms with van der Waals surface area (Å²) in [5, 5.41) is 6.10. The fourth-order valence-corrected chi connectivity index (χ4v) is 6.32. The highest BCUT2D eigenvalue weighted by atomic mass is 32.2. The summed E-state index contributed by atoms with van der Waals surface area (Å²) < 4.78 is 26.5. The molecule has 7 nitrogen and oxygen atoms in total. The van der Waals surface area contributed by atoms with E-state index in [0.29, 0.717) is 24.9 Å². The second-order valence-corrected chi connectivity index (χ2v) is 12.1. The molecule has 3 aliphatic rings. The van der Waals surface area contributed by atoms with E-state index in [2.05, 4.69) is 41.3 Å². The quantitative estimate of drug-likeness (QED) is 0.626. The van der Waals surface area contributed by atoms with Crippen molar-refractivity contribution in [3.63, 3.8) is 0 Å². The number of nitrogens with one attached hydrogen (secondary N) is 3. The molecule has 2 aliphatic heterocycles. The van der Waals surface area contributed by atoms with Crippen LogP contribution in [0.3, 0.4) is 0 Å². The van der Waals surface area contributed by atoms with Gasteiger partial charge in [0.2, 0.25) is 15.9 Å². The molecular weight excluding hydrogens is 438 g/mol. The third-order valence-corrected chi connectivity index (χ3v) is 8.81. The van der Waals surface area contributed by atoms with E-state index in [1.807, 2.05) is 18.2 Å². The maximum atomic E-state index is 12.6. The molecule has 1 aliphatic carbocycles. The van der Waals surface area contributed by atoms with Crippen LogP contribution >= 0.6 is 0 Å². The van der Waals surface area contributed by atoms with Crippen LogP contribution in [0.5, 0.6) is 0 Å². The monoisotopic (exact) mass is 467 g/mol. The first-order valence-corrected chi connectivity index (χ1v) is 13.0. The van der Waals surface area contributed by atoms with Crippen molar-refractivity contribution in [2.75, 3.05) is 11.9 Å². The van der Waals surface area contributed by atoms with Gasteiger partial charge in [0.25, 0.3) is 5.91 Å². The fraction of sp³-hybridized carbons (Fsp3) is 0.440. The predicted octanol–water partition coefficient (Wildman–Crippen LogP) is 3.25. The average molecular weight is 468 g/mol. The molecule has 2 amide bonds. The van der Waals surface area contributed by atoms with Crippen molar-refractivity contribution in [1.82, 2.24) is 10.0 Å². The average Bonchev–Trinajstić information content (AvgIpc) is 3.54. The molecule has 0 radical (unpaired) electrons. The first-order chi connectivity index (χ1) is 15.6. The molecule has 2 aromatic carbocycles. The van der Waals surface area contributed by atoms with Gasteiger partial charge >= 0.3 is 0 Å². The molecule has 8 heteroatoms. The molecule has 5 rings (SSSR count). The van der Waals surface area contributed by atoms with Crippen molar-refractivity contribution in [2.24, 2.45) is 5.41 Å². The molecule has 2 atom stereocenters. The Morgan fingerprint density at radius 1 is 1.06 bits per heavy atom. The largest absolute Gasteiger partial charge is 0.377 e. The van der Waals surface area contributed by atoms with Gasteiger partial charge in [-0.2, -0.15) is 0 Å². The van der Waals surface area contributed by atoms with Crippen LogP contribution in [-0.2, 0) is 21.2 Å². The van der Waals surface area contributed by atoms with Gasteiger partial charge in [0.05, 0.1) is 17.2 Å². The number of hydrogen-bond acceptors (Lipinski definition) is 5. The van der Waals surface area contributed by atoms with Crippen LogP contribution in [-0.4, -0.2) is 32.0 Å². The topological polar surface area (TPSA) is 104 Å². The Balaban J connectivity index is 1.39. The number of rotatable bonds is 5. The van der Waals surface area contributed by atoms with Crippen LogP contribution < -0.4 is 15.4 Å². The number of sulfonamides is 1. The lowest BCUT2D eigenvalue weighted by Gasteiger charge is -2.41. The molecule has 174 valence electrons. The molecule has 0 aromatic heterocycles. The second kappa shape index (κ2) is 7.87. The summed E-state index contributed by atoms with van der Waals surface area (Å²) in [5.74, 6) is -0.591. The van der Waals surface area contributed by atoms with Gasteiger partial charge in [0.1, 0.15) is 0 Å². The first-order valence-electron chi connectivity index (χ1n) is 11.5. The third kappa shape index (κ3) is 4.24. The van der Waals surface area contributed by atoms with Gasteiger partial charge in [-0.15, -0.1) is 0 Å². The highest BCUT2D eigenvalue weighted by Crippen LogP contribution is 2.45. The van der Waals surface area contributed by atoms with Crippen LogP contribution in [0.4, 0.5) is 5.69 Å². The van der Waals surface area contributed by atoms with Gasteiger partial charge in [-0.1, -0.05) is 38.1 Å². The standard InChI is InChI=1S/C25H29N3O4S/c1-25(2)14-18-13-17(23(29)28-33(31,32)19-7-8-19)6-9-21(18)27-22(25)16-5-3-4-15(12-16)20-10-11-26-24(20)30/h3-6,9,12-13,19-20,22,27H,7-8,10-11,14H2,1-2H3,(H,26,30)(H,28,29). The summed E-state index contributed by atoms with van der Waals surface area (Å²) in [7, 11) is -3.58. The summed E-state index contributed by atoms with van der Waals surface area (Å²) in [5.41, 5.74) is 4.26. The third-order valence-electron chi connectivity index (χ3n) is 6.99. The molecule has 2 aromatic rings. The molecule has 2 fully saturated rings. The Hall–Kier alpha value is -2.87. The summed E-state index contributed by atoms with van der Waals surface area (Å²) in [4.78, 5) is 24.7. The molecule has 2 heterocycles. The maximum absolute atomic E-state index is 12.6. The van der Waals surface area contributed by atoms with Crippen molar-refractivity contribution >= 4 is 27.5 Å². The molecule has 2 unspecified atom stereocenters. The lowest BCUT2D eigenvalue weighted by atomic mass is 9.72. The lowest BCUT2D eigenvalue weighted by Crippen LogP contribution is -2.36. The van der Waals surface area contributed by atoms with E-state index in [-0.39, 0.29) is 23.3 Å². The molecule has 3 N–H and O–H groups in total. The maximum Gasteiger partial charge on any atom is 0.264 e. The number of anilines is 1. The van der Waals surface area contributed by atoms with Gasteiger partial charge in [0.15, 0.2) is 0 Å². The zero-order valence-corrected chi connectivity index (χ0v) is 19.7. The van der Waals surface area contributed by atoms with Crippen LogP contribution in [0.15, 0.2) is 42.5 Å². The molecule has 0 spiro atoms. The SMILES string of the molecule is CC1(C)Cc2cc(C(=O)NS(=O)(=O)C3CC3)ccc2NC1c1cccc(C2CCNC2=O)c1. The smallest absolute Gasteiger partial charge is 0.264 e. The van der Waals surface area contributed by atoms with Gasteiger partial charge in [0, 0.05) is 17.8 Å². The predicted molar refractivity (Wildman–Crippen MR) is 127 cm³/mol. The molecule has 1 saturated heterocycles. The number of carbonyl (C=O) groups is 2. The lowest BCUT2D eigenvalue weighted by molar-refractivity contribution is -0.120. The van der Waals surface area contributed by atoms with Crippen molar-refractivity contribution in [1.29, 1.82) is 0 Å². The Bertz CT molecular complexity index is 1230. The minimum Gasteiger partial charge on any atom is -0.377 e. The number of fused-ring (bicyclic) bond motifs is 1. The van der Waals surface area contributed by atoms with Gasteiger partial charge in [-0.25, -0.2) is 13.1 Å². The van der Waals surface area contributed by atoms with Crippen LogP contribution in [0.2, 0.25) is 0 Å². The Kier molecular flexibility index (Phi) is 5.23. The number of amides is 2. The number of hydrogen-bond donors (Lipinski definition) is 3. The van der Waals surface area contributed by atoms with Gasteiger partial charge in [-0.05, 0) is 66.0 Å². The van der Waals surface area contributed by atoms with Crippen molar-refractivity contribution in [3.05, 3.63) is 64.7 Å². The van der Waals surface area contributed by atoms with Gasteiger partial charge in [-0.3, -0.25) is 9.59 Å². The summed E-state index contributed by atoms with van der Waals surface area (Å²) in [6.45, 7) is 5.06. The number of benzene rings is 2. The van der Waals surface area contributed by atoms with Crippen LogP contribution in [0.1, 0.15) is 72.1 Å². The van der Waals surface area contributed by atoms with E-state index < -0.39 is 21.2 Å². The highest BCUT2D eigenvalue weighted by Gasteiger charge is 2.38. The van der Waals surface area contributed by atoms with E-state index >= 15 is 0 Å². The van der Waals surface area contributed by atoms with E-state index in [4.69, 9.17) is 0 Å². The van der Waals surface area contributed by atoms with E-state index in [1.54, 1.807) is 12.1 Å². The minimum atomic E-state index is -3.58. The van der Waals surface area contributed by atoms with Crippen LogP contribution in [0, 0.1) is 5.41 Å². The molecule has 0 bridgehead atoms. The zero-order chi connectivity index (χ0) is 23.4. The van der Waals surface area contributed by atoms with E-state index in [1.165, 1.54) is 0 Å². The van der Waals surface area contributed by atoms with Crippen molar-refractivity contribution < 1.29 is 18.0 Å². The minimum absolute atomic E-state index is 0.0318. The Labute approximate surface area is 194 Å². The molecule has 1 saturated carbocycles. The number of carbonyl (C=O) groups excluding carboxylic acids is 2. The summed E-state index contributed by atoms with van der Waals surface area (Å²) in [6.07, 6.45) is 2.76. The Morgan fingerprint density at radius 2 is 1.82 bits per heavy atom. The van der Waals surface area contributed by atoms with Crippen molar-refractivity contribution in [3.8, 4) is 0 Å². The first kappa shape index (κ1) is 21.9.